The minimum absolute atomic E-state index is 0.353. The van der Waals surface area contributed by atoms with Crippen LogP contribution >= 0.6 is 15.9 Å². The van der Waals surface area contributed by atoms with E-state index in [-0.39, 0.29) is 0 Å². The van der Waals surface area contributed by atoms with E-state index in [0.717, 1.165) is 18.9 Å². The summed E-state index contributed by atoms with van der Waals surface area (Å²) in [7, 11) is 1.87. The van der Waals surface area contributed by atoms with E-state index < -0.39 is 5.82 Å². The number of hydrogen-bond donors (Lipinski definition) is 0. The molecule has 0 bridgehead atoms. The molecule has 0 saturated carbocycles. The van der Waals surface area contributed by atoms with Crippen molar-refractivity contribution in [2.45, 2.75) is 11.8 Å². The smallest absolute Gasteiger partial charge is 0.225 e. The van der Waals surface area contributed by atoms with Crippen molar-refractivity contribution in [3.63, 3.8) is 0 Å². The van der Waals surface area contributed by atoms with E-state index in [1.807, 2.05) is 18.9 Å². The minimum Gasteiger partial charge on any atom is -0.343 e. The Morgan fingerprint density at radius 1 is 1.54 bits per heavy atom. The Balaban J connectivity index is 2.66. The van der Waals surface area contributed by atoms with Crippen LogP contribution in [0.4, 0.5) is 10.3 Å². The summed E-state index contributed by atoms with van der Waals surface area (Å²) >= 11 is 3.42. The standard InChI is InChI=1S/C8H11BrFN3/c1-6(9)5-13(2)8-11-3-7(10)4-12-8/h3-4,6H,5H2,1-2H3. The third-order valence-electron chi connectivity index (χ3n) is 1.47. The second-order valence-electron chi connectivity index (χ2n) is 2.86. The summed E-state index contributed by atoms with van der Waals surface area (Å²) < 4.78 is 12.5. The van der Waals surface area contributed by atoms with Gasteiger partial charge in [-0.3, -0.25) is 0 Å². The molecule has 0 fully saturated rings. The fourth-order valence-electron chi connectivity index (χ4n) is 0.962. The molecule has 0 aliphatic heterocycles. The van der Waals surface area contributed by atoms with Crippen LogP contribution in [0.3, 0.4) is 0 Å². The Morgan fingerprint density at radius 2 is 2.08 bits per heavy atom. The number of anilines is 1. The zero-order chi connectivity index (χ0) is 9.84. The monoisotopic (exact) mass is 247 g/mol. The Kier molecular flexibility index (Phi) is 3.59. The van der Waals surface area contributed by atoms with Gasteiger partial charge in [-0.25, -0.2) is 14.4 Å². The lowest BCUT2D eigenvalue weighted by Gasteiger charge is -2.17. The molecule has 1 aromatic rings. The van der Waals surface area contributed by atoms with Crippen molar-refractivity contribution < 1.29 is 4.39 Å². The Bertz CT molecular complexity index is 263. The van der Waals surface area contributed by atoms with Gasteiger partial charge in [0.2, 0.25) is 5.95 Å². The van der Waals surface area contributed by atoms with Gasteiger partial charge in [0.05, 0.1) is 12.4 Å². The van der Waals surface area contributed by atoms with Gasteiger partial charge in [-0.2, -0.15) is 0 Å². The van der Waals surface area contributed by atoms with E-state index in [4.69, 9.17) is 0 Å². The second kappa shape index (κ2) is 4.50. The maximum Gasteiger partial charge on any atom is 0.225 e. The summed E-state index contributed by atoms with van der Waals surface area (Å²) in [6.45, 7) is 2.81. The molecule has 1 aromatic heterocycles. The molecule has 0 N–H and O–H groups in total. The molecule has 0 radical (unpaired) electrons. The van der Waals surface area contributed by atoms with Crippen LogP contribution in [-0.2, 0) is 0 Å². The Morgan fingerprint density at radius 3 is 2.54 bits per heavy atom. The summed E-state index contributed by atoms with van der Waals surface area (Å²) in [6.07, 6.45) is 2.33. The zero-order valence-corrected chi connectivity index (χ0v) is 9.12. The lowest BCUT2D eigenvalue weighted by Crippen LogP contribution is -2.25. The highest BCUT2D eigenvalue weighted by Crippen LogP contribution is 2.07. The van der Waals surface area contributed by atoms with Crippen molar-refractivity contribution in [1.29, 1.82) is 0 Å². The molecule has 72 valence electrons. The number of alkyl halides is 1. The van der Waals surface area contributed by atoms with Crippen molar-refractivity contribution >= 4 is 21.9 Å². The number of halogens is 2. The van der Waals surface area contributed by atoms with Crippen LogP contribution in [0.25, 0.3) is 0 Å². The summed E-state index contributed by atoms with van der Waals surface area (Å²) in [5.41, 5.74) is 0. The molecule has 0 saturated heterocycles. The van der Waals surface area contributed by atoms with E-state index >= 15 is 0 Å². The van der Waals surface area contributed by atoms with Crippen LogP contribution < -0.4 is 4.90 Å². The summed E-state index contributed by atoms with van der Waals surface area (Å²) in [5, 5.41) is 0. The highest BCUT2D eigenvalue weighted by atomic mass is 79.9. The molecular weight excluding hydrogens is 237 g/mol. The number of rotatable bonds is 3. The molecule has 13 heavy (non-hydrogen) atoms. The lowest BCUT2D eigenvalue weighted by atomic mass is 10.4. The molecule has 0 aromatic carbocycles. The lowest BCUT2D eigenvalue weighted by molar-refractivity contribution is 0.612. The third kappa shape index (κ3) is 3.26. The number of hydrogen-bond acceptors (Lipinski definition) is 3. The van der Waals surface area contributed by atoms with Crippen LogP contribution in [0.5, 0.6) is 0 Å². The minimum atomic E-state index is -0.413. The first-order chi connectivity index (χ1) is 6.09. The third-order valence-corrected chi connectivity index (χ3v) is 1.76. The average molecular weight is 248 g/mol. The first kappa shape index (κ1) is 10.4. The van der Waals surface area contributed by atoms with Crippen molar-refractivity contribution in [3.8, 4) is 0 Å². The molecule has 0 spiro atoms. The van der Waals surface area contributed by atoms with Crippen LogP contribution in [-0.4, -0.2) is 28.4 Å². The van der Waals surface area contributed by atoms with Gasteiger partial charge in [-0.15, -0.1) is 0 Å². The van der Waals surface area contributed by atoms with Gasteiger partial charge >= 0.3 is 0 Å². The van der Waals surface area contributed by atoms with E-state index in [1.54, 1.807) is 0 Å². The van der Waals surface area contributed by atoms with E-state index in [1.165, 1.54) is 0 Å². The highest BCUT2D eigenvalue weighted by molar-refractivity contribution is 9.09. The quantitative estimate of drug-likeness (QED) is 0.764. The molecule has 0 aliphatic rings. The molecule has 1 atom stereocenters. The van der Waals surface area contributed by atoms with Crippen molar-refractivity contribution in [2.75, 3.05) is 18.5 Å². The zero-order valence-electron chi connectivity index (χ0n) is 7.54. The van der Waals surface area contributed by atoms with Crippen LogP contribution in [0.2, 0.25) is 0 Å². The largest absolute Gasteiger partial charge is 0.343 e. The molecule has 1 heterocycles. The van der Waals surface area contributed by atoms with Gasteiger partial charge in [0.1, 0.15) is 0 Å². The molecule has 0 amide bonds. The van der Waals surface area contributed by atoms with Crippen molar-refractivity contribution in [2.24, 2.45) is 0 Å². The van der Waals surface area contributed by atoms with Crippen LogP contribution in [0.15, 0.2) is 12.4 Å². The van der Waals surface area contributed by atoms with E-state index in [9.17, 15) is 4.39 Å². The predicted molar refractivity (Wildman–Crippen MR) is 53.6 cm³/mol. The maximum absolute atomic E-state index is 12.5. The topological polar surface area (TPSA) is 29.0 Å². The molecular formula is C8H11BrFN3. The molecule has 5 heteroatoms. The van der Waals surface area contributed by atoms with Gasteiger partial charge in [0.25, 0.3) is 0 Å². The van der Waals surface area contributed by atoms with Gasteiger partial charge in [-0.1, -0.05) is 22.9 Å². The van der Waals surface area contributed by atoms with E-state index in [2.05, 4.69) is 25.9 Å². The molecule has 1 rings (SSSR count). The van der Waals surface area contributed by atoms with Crippen molar-refractivity contribution in [3.05, 3.63) is 18.2 Å². The first-order valence-electron chi connectivity index (χ1n) is 3.92. The first-order valence-corrected chi connectivity index (χ1v) is 4.84. The normalized spacial score (nSPS) is 12.6. The molecule has 0 aliphatic carbocycles. The van der Waals surface area contributed by atoms with E-state index in [0.29, 0.717) is 10.8 Å². The maximum atomic E-state index is 12.5. The van der Waals surface area contributed by atoms with Gasteiger partial charge in [-0.05, 0) is 0 Å². The Hall–Kier alpha value is -0.710. The van der Waals surface area contributed by atoms with Crippen molar-refractivity contribution in [1.82, 2.24) is 9.97 Å². The van der Waals surface area contributed by atoms with Gasteiger partial charge in [0, 0.05) is 18.4 Å². The molecule has 3 nitrogen and oxygen atoms in total. The van der Waals surface area contributed by atoms with Gasteiger partial charge in [0.15, 0.2) is 5.82 Å². The number of aromatic nitrogens is 2. The predicted octanol–water partition coefficient (Wildman–Crippen LogP) is 1.84. The Labute approximate surface area is 85.1 Å². The summed E-state index contributed by atoms with van der Waals surface area (Å²) in [4.78, 5) is 9.91. The number of nitrogens with zero attached hydrogens (tertiary/aromatic N) is 3. The second-order valence-corrected chi connectivity index (χ2v) is 4.43. The fourth-order valence-corrected chi connectivity index (χ4v) is 1.40. The SMILES string of the molecule is CC(Br)CN(C)c1ncc(F)cn1. The average Bonchev–Trinajstić information content (AvgIpc) is 2.04. The molecule has 1 unspecified atom stereocenters. The fraction of sp³-hybridized carbons (Fsp3) is 0.500. The van der Waals surface area contributed by atoms with Crippen LogP contribution in [0.1, 0.15) is 6.92 Å². The summed E-state index contributed by atoms with van der Waals surface area (Å²) in [5.74, 6) is 0.122. The van der Waals surface area contributed by atoms with Gasteiger partial charge < -0.3 is 4.90 Å². The highest BCUT2D eigenvalue weighted by Gasteiger charge is 2.06. The van der Waals surface area contributed by atoms with Crippen LogP contribution in [0, 0.1) is 5.82 Å². The summed E-state index contributed by atoms with van der Waals surface area (Å²) in [6, 6.07) is 0.